The summed E-state index contributed by atoms with van der Waals surface area (Å²) in [5, 5.41) is 0.921. The Kier molecular flexibility index (Phi) is 5.68. The molecule has 1 aromatic heterocycles. The van der Waals surface area contributed by atoms with Gasteiger partial charge in [-0.25, -0.2) is 17.5 Å². The summed E-state index contributed by atoms with van der Waals surface area (Å²) in [6.07, 6.45) is 3.96. The van der Waals surface area contributed by atoms with E-state index in [0.717, 1.165) is 33.9 Å². The molecule has 31 heavy (non-hydrogen) atoms. The van der Waals surface area contributed by atoms with Crippen LogP contribution < -0.4 is 5.73 Å². The first-order valence-electron chi connectivity index (χ1n) is 10.3. The molecule has 2 heterocycles. The Hall–Kier alpha value is -2.97. The van der Waals surface area contributed by atoms with Gasteiger partial charge in [0.2, 0.25) is 10.0 Å². The van der Waals surface area contributed by atoms with Gasteiger partial charge in [0.05, 0.1) is 11.3 Å². The summed E-state index contributed by atoms with van der Waals surface area (Å²) in [6, 6.07) is 12.6. The Bertz CT molecular complexity index is 1260. The number of benzene rings is 2. The van der Waals surface area contributed by atoms with Gasteiger partial charge >= 0.3 is 6.03 Å². The van der Waals surface area contributed by atoms with Crippen molar-refractivity contribution in [1.29, 1.82) is 0 Å². The summed E-state index contributed by atoms with van der Waals surface area (Å²) in [7, 11) is -3.20. The number of aldehydes is 1. The Balaban J connectivity index is 1.74. The van der Waals surface area contributed by atoms with Crippen molar-refractivity contribution in [2.75, 3.05) is 18.8 Å². The number of amides is 1. The molecule has 0 bridgehead atoms. The second kappa shape index (κ2) is 8.28. The van der Waals surface area contributed by atoms with Gasteiger partial charge in [-0.1, -0.05) is 24.3 Å². The molecular formula is C23H25N3O4S. The minimum Gasteiger partial charge on any atom is -0.351 e. The number of sulfonamides is 1. The molecule has 1 aliphatic rings. The van der Waals surface area contributed by atoms with E-state index in [1.165, 1.54) is 4.57 Å². The predicted molar refractivity (Wildman–Crippen MR) is 121 cm³/mol. The van der Waals surface area contributed by atoms with Crippen molar-refractivity contribution < 1.29 is 18.0 Å². The van der Waals surface area contributed by atoms with Crippen LogP contribution in [0.5, 0.6) is 0 Å². The van der Waals surface area contributed by atoms with E-state index in [1.807, 2.05) is 36.4 Å². The molecule has 2 aromatic carbocycles. The molecule has 0 radical (unpaired) electrons. The number of aromatic nitrogens is 1. The van der Waals surface area contributed by atoms with Crippen molar-refractivity contribution in [3.63, 3.8) is 0 Å². The molecule has 0 atom stereocenters. The lowest BCUT2D eigenvalue weighted by Crippen LogP contribution is -2.38. The largest absolute Gasteiger partial charge is 0.351 e. The number of hydrogen-bond donors (Lipinski definition) is 1. The molecule has 162 valence electrons. The lowest BCUT2D eigenvalue weighted by Gasteiger charge is -2.30. The first-order valence-corrected chi connectivity index (χ1v) is 11.9. The SMILES string of the molecule is CCS(=O)(=O)N1CCC(c2cn(C(N)=O)c3ccc(-c4cccc(C=O)c4)cc23)CC1. The van der Waals surface area contributed by atoms with E-state index in [2.05, 4.69) is 0 Å². The fourth-order valence-electron chi connectivity index (χ4n) is 4.36. The Morgan fingerprint density at radius 2 is 1.84 bits per heavy atom. The first-order chi connectivity index (χ1) is 14.8. The highest BCUT2D eigenvalue weighted by molar-refractivity contribution is 7.89. The monoisotopic (exact) mass is 439 g/mol. The summed E-state index contributed by atoms with van der Waals surface area (Å²) in [5.74, 6) is 0.227. The smallest absolute Gasteiger partial charge is 0.323 e. The second-order valence-corrected chi connectivity index (χ2v) is 10.1. The maximum atomic E-state index is 12.2. The van der Waals surface area contributed by atoms with E-state index in [1.54, 1.807) is 23.5 Å². The maximum Gasteiger partial charge on any atom is 0.323 e. The zero-order valence-electron chi connectivity index (χ0n) is 17.3. The van der Waals surface area contributed by atoms with Crippen molar-refractivity contribution in [2.24, 2.45) is 5.73 Å². The average Bonchev–Trinajstić information content (AvgIpc) is 3.18. The van der Waals surface area contributed by atoms with Gasteiger partial charge in [-0.3, -0.25) is 9.36 Å². The van der Waals surface area contributed by atoms with E-state index >= 15 is 0 Å². The third kappa shape index (κ3) is 4.00. The van der Waals surface area contributed by atoms with Crippen LogP contribution in [-0.4, -0.2) is 48.4 Å². The molecule has 1 fully saturated rings. The van der Waals surface area contributed by atoms with Crippen LogP contribution in [0.15, 0.2) is 48.7 Å². The predicted octanol–water partition coefficient (Wildman–Crippen LogP) is 3.58. The van der Waals surface area contributed by atoms with Crippen LogP contribution in [0.1, 0.15) is 41.6 Å². The number of hydrogen-bond acceptors (Lipinski definition) is 4. The van der Waals surface area contributed by atoms with Gasteiger partial charge in [-0.05, 0) is 60.6 Å². The lowest BCUT2D eigenvalue weighted by atomic mass is 9.89. The summed E-state index contributed by atoms with van der Waals surface area (Å²) in [4.78, 5) is 23.2. The van der Waals surface area contributed by atoms with E-state index in [-0.39, 0.29) is 11.7 Å². The molecule has 1 aliphatic heterocycles. The van der Waals surface area contributed by atoms with Crippen molar-refractivity contribution in [3.05, 3.63) is 59.8 Å². The minimum atomic E-state index is -3.20. The van der Waals surface area contributed by atoms with Crippen molar-refractivity contribution in [1.82, 2.24) is 8.87 Å². The molecule has 0 unspecified atom stereocenters. The number of nitrogens with zero attached hydrogens (tertiary/aromatic N) is 2. The third-order valence-corrected chi connectivity index (χ3v) is 7.96. The fraction of sp³-hybridized carbons (Fsp3) is 0.304. The van der Waals surface area contributed by atoms with Gasteiger partial charge in [-0.15, -0.1) is 0 Å². The highest BCUT2D eigenvalue weighted by atomic mass is 32.2. The number of primary amides is 1. The topological polar surface area (TPSA) is 102 Å². The lowest BCUT2D eigenvalue weighted by molar-refractivity contribution is 0.112. The molecule has 3 aromatic rings. The number of rotatable bonds is 5. The number of carbonyl (C=O) groups is 2. The zero-order chi connectivity index (χ0) is 22.2. The third-order valence-electron chi connectivity index (χ3n) is 6.08. The summed E-state index contributed by atoms with van der Waals surface area (Å²) in [5.41, 5.74) is 9.76. The molecule has 0 saturated carbocycles. The Morgan fingerprint density at radius 1 is 1.13 bits per heavy atom. The Labute approximate surface area is 181 Å². The maximum absolute atomic E-state index is 12.2. The molecule has 2 N–H and O–H groups in total. The number of fused-ring (bicyclic) bond motifs is 1. The van der Waals surface area contributed by atoms with Crippen LogP contribution in [0, 0.1) is 0 Å². The van der Waals surface area contributed by atoms with E-state index in [0.29, 0.717) is 31.5 Å². The van der Waals surface area contributed by atoms with Crippen molar-refractivity contribution in [3.8, 4) is 11.1 Å². The highest BCUT2D eigenvalue weighted by Gasteiger charge is 2.29. The molecular weight excluding hydrogens is 414 g/mol. The van der Waals surface area contributed by atoms with Gasteiger partial charge in [0.25, 0.3) is 0 Å². The standard InChI is InChI=1S/C23H25N3O4S/c1-2-31(29,30)25-10-8-17(9-11-25)21-14-26(23(24)28)22-7-6-19(13-20(21)22)18-5-3-4-16(12-18)15-27/h3-7,12-15,17H,2,8-11H2,1H3,(H2,24,28). The van der Waals surface area contributed by atoms with Gasteiger partial charge in [0, 0.05) is 30.2 Å². The van der Waals surface area contributed by atoms with Gasteiger partial charge in [0.1, 0.15) is 6.29 Å². The molecule has 1 saturated heterocycles. The van der Waals surface area contributed by atoms with Crippen LogP contribution in [-0.2, 0) is 10.0 Å². The van der Waals surface area contributed by atoms with Crippen LogP contribution in [0.3, 0.4) is 0 Å². The molecule has 0 spiro atoms. The van der Waals surface area contributed by atoms with Gasteiger partial charge in [-0.2, -0.15) is 0 Å². The summed E-state index contributed by atoms with van der Waals surface area (Å²) >= 11 is 0. The summed E-state index contributed by atoms with van der Waals surface area (Å²) < 4.78 is 27.4. The van der Waals surface area contributed by atoms with Gasteiger partial charge in [0.15, 0.2) is 0 Å². The van der Waals surface area contributed by atoms with Crippen LogP contribution in [0.25, 0.3) is 22.0 Å². The van der Waals surface area contributed by atoms with Crippen molar-refractivity contribution >= 4 is 33.2 Å². The van der Waals surface area contributed by atoms with E-state index < -0.39 is 16.1 Å². The quantitative estimate of drug-likeness (QED) is 0.614. The molecule has 4 rings (SSSR count). The van der Waals surface area contributed by atoms with Crippen molar-refractivity contribution in [2.45, 2.75) is 25.7 Å². The van der Waals surface area contributed by atoms with E-state index in [4.69, 9.17) is 5.73 Å². The second-order valence-electron chi connectivity index (χ2n) is 7.84. The Morgan fingerprint density at radius 3 is 2.48 bits per heavy atom. The molecule has 7 nitrogen and oxygen atoms in total. The fourth-order valence-corrected chi connectivity index (χ4v) is 5.49. The number of carbonyl (C=O) groups excluding carboxylic acids is 2. The number of piperidine rings is 1. The normalized spacial score (nSPS) is 15.9. The molecule has 0 aliphatic carbocycles. The van der Waals surface area contributed by atoms with Crippen LogP contribution >= 0.6 is 0 Å². The zero-order valence-corrected chi connectivity index (χ0v) is 18.1. The van der Waals surface area contributed by atoms with Crippen LogP contribution in [0.2, 0.25) is 0 Å². The van der Waals surface area contributed by atoms with Gasteiger partial charge < -0.3 is 5.73 Å². The van der Waals surface area contributed by atoms with E-state index in [9.17, 15) is 18.0 Å². The number of nitrogens with two attached hydrogens (primary N) is 1. The minimum absolute atomic E-state index is 0.0991. The first kappa shape index (κ1) is 21.3. The average molecular weight is 440 g/mol. The highest BCUT2D eigenvalue weighted by Crippen LogP contribution is 2.37. The van der Waals surface area contributed by atoms with Crippen LogP contribution in [0.4, 0.5) is 4.79 Å². The molecule has 1 amide bonds. The molecule has 8 heteroatoms. The summed E-state index contributed by atoms with van der Waals surface area (Å²) in [6.45, 7) is 2.58.